The van der Waals surface area contributed by atoms with Gasteiger partial charge in [0.05, 0.1) is 17.9 Å². The van der Waals surface area contributed by atoms with E-state index in [-0.39, 0.29) is 17.9 Å². The Balaban J connectivity index is 3.15. The summed E-state index contributed by atoms with van der Waals surface area (Å²) in [4.78, 5) is 34.3. The summed E-state index contributed by atoms with van der Waals surface area (Å²) in [6.45, 7) is 0.201. The Hall–Kier alpha value is -2.61. The molecule has 20 heavy (non-hydrogen) atoms. The number of carbonyl (C=O) groups excluding carboxylic acids is 1. The number of anilines is 2. The van der Waals surface area contributed by atoms with Gasteiger partial charge in [0.15, 0.2) is 0 Å². The highest BCUT2D eigenvalue weighted by molar-refractivity contribution is 6.36. The Kier molecular flexibility index (Phi) is 5.04. The smallest absolute Gasteiger partial charge is 0.394 e. The zero-order valence-electron chi connectivity index (χ0n) is 10.7. The highest BCUT2D eigenvalue weighted by atomic mass is 16.4. The van der Waals surface area contributed by atoms with Gasteiger partial charge in [-0.25, -0.2) is 9.59 Å². The summed E-state index contributed by atoms with van der Waals surface area (Å²) in [7, 11) is 1.66. The van der Waals surface area contributed by atoms with Crippen molar-refractivity contribution in [2.75, 3.05) is 30.4 Å². The van der Waals surface area contributed by atoms with E-state index in [0.717, 1.165) is 0 Å². The van der Waals surface area contributed by atoms with E-state index in [4.69, 9.17) is 15.3 Å². The molecule has 1 rings (SSSR count). The van der Waals surface area contributed by atoms with Crippen LogP contribution in [0.2, 0.25) is 0 Å². The molecule has 0 saturated carbocycles. The molecule has 0 radical (unpaired) electrons. The minimum Gasteiger partial charge on any atom is -0.478 e. The van der Waals surface area contributed by atoms with Crippen molar-refractivity contribution >= 4 is 29.2 Å². The SMILES string of the molecule is CN(CCO)c1ccc(C(=O)O)c(NC(=O)C(=O)O)c1. The first kappa shape index (κ1) is 15.4. The number of aliphatic hydroxyl groups is 1. The number of nitrogens with one attached hydrogen (secondary N) is 1. The number of nitrogens with zero attached hydrogens (tertiary/aromatic N) is 1. The molecule has 8 heteroatoms. The fourth-order valence-corrected chi connectivity index (χ4v) is 1.51. The van der Waals surface area contributed by atoms with Crippen LogP contribution in [0.1, 0.15) is 10.4 Å². The summed E-state index contributed by atoms with van der Waals surface area (Å²) >= 11 is 0. The number of benzene rings is 1. The van der Waals surface area contributed by atoms with Crippen molar-refractivity contribution in [3.05, 3.63) is 23.8 Å². The third kappa shape index (κ3) is 3.69. The van der Waals surface area contributed by atoms with Gasteiger partial charge in [-0.1, -0.05) is 0 Å². The number of hydrogen-bond donors (Lipinski definition) is 4. The second-order valence-electron chi connectivity index (χ2n) is 3.94. The van der Waals surface area contributed by atoms with Gasteiger partial charge < -0.3 is 25.5 Å². The molecule has 0 aliphatic heterocycles. The molecule has 108 valence electrons. The fraction of sp³-hybridized carbons (Fsp3) is 0.250. The van der Waals surface area contributed by atoms with Crippen molar-refractivity contribution in [1.82, 2.24) is 0 Å². The number of aliphatic carboxylic acids is 1. The molecule has 8 nitrogen and oxygen atoms in total. The molecule has 0 bridgehead atoms. The third-order valence-corrected chi connectivity index (χ3v) is 2.55. The topological polar surface area (TPSA) is 127 Å². The van der Waals surface area contributed by atoms with Crippen LogP contribution in [0, 0.1) is 0 Å². The number of aromatic carboxylic acids is 1. The van der Waals surface area contributed by atoms with Crippen LogP contribution in [-0.4, -0.2) is 53.4 Å². The number of carboxylic acid groups (broad SMARTS) is 2. The lowest BCUT2D eigenvalue weighted by atomic mass is 10.1. The van der Waals surface area contributed by atoms with Gasteiger partial charge in [0, 0.05) is 19.3 Å². The molecule has 0 spiro atoms. The monoisotopic (exact) mass is 282 g/mol. The first-order valence-electron chi connectivity index (χ1n) is 5.60. The summed E-state index contributed by atoms with van der Waals surface area (Å²) in [5.41, 5.74) is 0.192. The van der Waals surface area contributed by atoms with E-state index < -0.39 is 17.8 Å². The van der Waals surface area contributed by atoms with Crippen molar-refractivity contribution in [3.8, 4) is 0 Å². The van der Waals surface area contributed by atoms with Crippen molar-refractivity contribution < 1.29 is 29.7 Å². The number of likely N-dealkylation sites (N-methyl/N-ethyl adjacent to an activating group) is 1. The molecule has 0 unspecified atom stereocenters. The van der Waals surface area contributed by atoms with Gasteiger partial charge in [-0.05, 0) is 18.2 Å². The maximum Gasteiger partial charge on any atom is 0.394 e. The number of hydrogen-bond acceptors (Lipinski definition) is 5. The first-order chi connectivity index (χ1) is 9.36. The van der Waals surface area contributed by atoms with E-state index in [2.05, 4.69) is 0 Å². The molecule has 0 aromatic heterocycles. The van der Waals surface area contributed by atoms with Crippen LogP contribution in [0.5, 0.6) is 0 Å². The summed E-state index contributed by atoms with van der Waals surface area (Å²) in [6.07, 6.45) is 0. The lowest BCUT2D eigenvalue weighted by molar-refractivity contribution is -0.147. The van der Waals surface area contributed by atoms with Crippen molar-refractivity contribution in [2.45, 2.75) is 0 Å². The van der Waals surface area contributed by atoms with Crippen LogP contribution in [0.3, 0.4) is 0 Å². The fourth-order valence-electron chi connectivity index (χ4n) is 1.51. The highest BCUT2D eigenvalue weighted by Gasteiger charge is 2.17. The minimum absolute atomic E-state index is 0.103. The molecular formula is C12H14N2O6. The van der Waals surface area contributed by atoms with Gasteiger partial charge >= 0.3 is 17.8 Å². The third-order valence-electron chi connectivity index (χ3n) is 2.55. The Morgan fingerprint density at radius 2 is 1.90 bits per heavy atom. The van der Waals surface area contributed by atoms with Crippen LogP contribution >= 0.6 is 0 Å². The number of amides is 1. The molecule has 1 amide bonds. The number of rotatable bonds is 5. The van der Waals surface area contributed by atoms with Crippen molar-refractivity contribution in [3.63, 3.8) is 0 Å². The highest BCUT2D eigenvalue weighted by Crippen LogP contribution is 2.23. The standard InChI is InChI=1S/C12H14N2O6/c1-14(4-5-15)7-2-3-8(11(17)18)9(6-7)13-10(16)12(19)20/h2-3,6,15H,4-5H2,1H3,(H,13,16)(H,17,18)(H,19,20). The average Bonchev–Trinajstić information content (AvgIpc) is 2.38. The van der Waals surface area contributed by atoms with Crippen molar-refractivity contribution in [1.29, 1.82) is 0 Å². The van der Waals surface area contributed by atoms with Crippen LogP contribution in [0.15, 0.2) is 18.2 Å². The lowest BCUT2D eigenvalue weighted by Gasteiger charge is -2.19. The van der Waals surface area contributed by atoms with E-state index in [0.29, 0.717) is 12.2 Å². The maximum atomic E-state index is 11.1. The summed E-state index contributed by atoms with van der Waals surface area (Å²) in [5, 5.41) is 28.4. The predicted molar refractivity (Wildman–Crippen MR) is 70.0 cm³/mol. The average molecular weight is 282 g/mol. The largest absolute Gasteiger partial charge is 0.478 e. The number of carboxylic acids is 2. The molecule has 0 atom stereocenters. The van der Waals surface area contributed by atoms with E-state index in [1.807, 2.05) is 5.32 Å². The predicted octanol–water partition coefficient (Wildman–Crippen LogP) is -0.164. The lowest BCUT2D eigenvalue weighted by Crippen LogP contribution is -2.24. The van der Waals surface area contributed by atoms with Crippen LogP contribution in [-0.2, 0) is 9.59 Å². The Labute approximate surface area is 114 Å². The maximum absolute atomic E-state index is 11.1. The molecule has 4 N–H and O–H groups in total. The van der Waals surface area contributed by atoms with Crippen molar-refractivity contribution in [2.24, 2.45) is 0 Å². The zero-order valence-corrected chi connectivity index (χ0v) is 10.7. The van der Waals surface area contributed by atoms with E-state index in [9.17, 15) is 14.4 Å². The second-order valence-corrected chi connectivity index (χ2v) is 3.94. The molecule has 0 aliphatic rings. The molecule has 0 fully saturated rings. The van der Waals surface area contributed by atoms with Gasteiger partial charge in [-0.2, -0.15) is 0 Å². The Morgan fingerprint density at radius 3 is 2.40 bits per heavy atom. The number of carbonyl (C=O) groups is 3. The minimum atomic E-state index is -1.71. The van der Waals surface area contributed by atoms with Crippen LogP contribution in [0.4, 0.5) is 11.4 Å². The summed E-state index contributed by atoms with van der Waals surface area (Å²) < 4.78 is 0. The van der Waals surface area contributed by atoms with Gasteiger partial charge in [0.1, 0.15) is 0 Å². The molecule has 1 aromatic carbocycles. The first-order valence-corrected chi connectivity index (χ1v) is 5.60. The normalized spacial score (nSPS) is 9.90. The van der Waals surface area contributed by atoms with Gasteiger partial charge in [0.2, 0.25) is 0 Å². The molecule has 0 saturated heterocycles. The number of aliphatic hydroxyl groups excluding tert-OH is 1. The summed E-state index contributed by atoms with van der Waals surface area (Å²) in [6, 6.07) is 4.08. The van der Waals surface area contributed by atoms with E-state index in [1.54, 1.807) is 11.9 Å². The van der Waals surface area contributed by atoms with E-state index >= 15 is 0 Å². The van der Waals surface area contributed by atoms with Crippen LogP contribution in [0.25, 0.3) is 0 Å². The molecule has 0 aliphatic carbocycles. The van der Waals surface area contributed by atoms with Gasteiger partial charge in [-0.3, -0.25) is 4.79 Å². The Morgan fingerprint density at radius 1 is 1.25 bits per heavy atom. The second kappa shape index (κ2) is 6.53. The molecular weight excluding hydrogens is 268 g/mol. The molecule has 1 aromatic rings. The van der Waals surface area contributed by atoms with Crippen LogP contribution < -0.4 is 10.2 Å². The quantitative estimate of drug-likeness (QED) is 0.552. The zero-order chi connectivity index (χ0) is 15.3. The van der Waals surface area contributed by atoms with E-state index in [1.165, 1.54) is 18.2 Å². The molecule has 0 heterocycles. The van der Waals surface area contributed by atoms with Gasteiger partial charge in [-0.15, -0.1) is 0 Å². The van der Waals surface area contributed by atoms with Gasteiger partial charge in [0.25, 0.3) is 0 Å². The summed E-state index contributed by atoms with van der Waals surface area (Å²) in [5.74, 6) is -4.33. The Bertz CT molecular complexity index is 543.